The average Bonchev–Trinajstić information content (AvgIpc) is 3.82. The highest BCUT2D eigenvalue weighted by Crippen LogP contribution is 2.55. The fourth-order valence-corrected chi connectivity index (χ4v) is 7.11. The highest BCUT2D eigenvalue weighted by Gasteiger charge is 2.73. The van der Waals surface area contributed by atoms with Gasteiger partial charge in [-0.25, -0.2) is 4.68 Å². The average molecular weight is 627 g/mol. The quantitative estimate of drug-likeness (QED) is 0.313. The molecular weight excluding hydrogens is 592 g/mol. The van der Waals surface area contributed by atoms with Crippen molar-refractivity contribution in [1.82, 2.24) is 30.1 Å². The van der Waals surface area contributed by atoms with Gasteiger partial charge in [-0.05, 0) is 24.1 Å². The van der Waals surface area contributed by atoms with Gasteiger partial charge in [0.25, 0.3) is 5.91 Å². The zero-order valence-electron chi connectivity index (χ0n) is 25.0. The number of likely N-dealkylation sites (tertiary alicyclic amines) is 1. The third kappa shape index (κ3) is 5.05. The highest BCUT2D eigenvalue weighted by atomic mass is 16.5. The summed E-state index contributed by atoms with van der Waals surface area (Å²) in [5, 5.41) is 21.5. The number of β-amino-alcohol motifs (C(OH)–C–C–N with tert-alkyl or cyclic N) is 1. The third-order valence-corrected chi connectivity index (χ3v) is 9.23. The molecule has 1 spiro atoms. The van der Waals surface area contributed by atoms with Crippen LogP contribution in [-0.2, 0) is 35.3 Å². The van der Waals surface area contributed by atoms with Crippen LogP contribution in [0.5, 0.6) is 0 Å². The van der Waals surface area contributed by atoms with Crippen molar-refractivity contribution in [2.24, 2.45) is 11.8 Å². The molecule has 0 aliphatic carbocycles. The van der Waals surface area contributed by atoms with Crippen LogP contribution < -0.4 is 5.32 Å². The van der Waals surface area contributed by atoms with Gasteiger partial charge in [-0.2, -0.15) is 0 Å². The number of nitrogens with zero attached hydrogens (tertiary/aromatic N) is 5. The van der Waals surface area contributed by atoms with Gasteiger partial charge < -0.3 is 29.7 Å². The fraction of sp³-hybridized carbons (Fsp3) is 0.394. The molecule has 1 aromatic heterocycles. The van der Waals surface area contributed by atoms with Crippen LogP contribution in [0.2, 0.25) is 0 Å². The number of allylic oxidation sites excluding steroid dienone is 1. The van der Waals surface area contributed by atoms with Crippen molar-refractivity contribution < 1.29 is 33.8 Å². The van der Waals surface area contributed by atoms with E-state index in [-0.39, 0.29) is 39.4 Å². The summed E-state index contributed by atoms with van der Waals surface area (Å²) in [5.74, 6) is -3.68. The largest absolute Gasteiger partial charge is 0.463 e. The van der Waals surface area contributed by atoms with Gasteiger partial charge in [0.15, 0.2) is 0 Å². The molecule has 4 aliphatic rings. The lowest BCUT2D eigenvalue weighted by atomic mass is 9.74. The molecule has 13 nitrogen and oxygen atoms in total. The van der Waals surface area contributed by atoms with Gasteiger partial charge in [0.1, 0.15) is 30.4 Å². The minimum Gasteiger partial charge on any atom is -0.463 e. The monoisotopic (exact) mass is 626 g/mol. The third-order valence-electron chi connectivity index (χ3n) is 9.23. The molecule has 46 heavy (non-hydrogen) atoms. The standard InChI is InChI=1S/C33H34N6O7/c40-18-17-38-29-32(44)37(20-39-24-12-7-6-11-22(24)35-36-39)16-8-2-5-13-26(41)45-19-23(21-9-3-1-4-10-21)34-30(42)27-25-14-15-33(29,46-25)28(27)31(38)43/h1-4,6-12,14-15,23,25,27-29,40H,5,13,16-20H2,(H,34,42)/b8-2-/t23-,25-,27+,28+,29-,33+/m1/s1. The molecule has 13 heteroatoms. The number of para-hydroxylation sites is 1. The van der Waals surface area contributed by atoms with Crippen LogP contribution in [0.15, 0.2) is 78.9 Å². The minimum absolute atomic E-state index is 0.0138. The van der Waals surface area contributed by atoms with E-state index in [1.165, 1.54) is 9.80 Å². The number of aliphatic hydroxyl groups is 1. The molecule has 5 bridgehead atoms. The van der Waals surface area contributed by atoms with Crippen molar-refractivity contribution in [2.75, 3.05) is 26.3 Å². The SMILES string of the molecule is O=C1CC/C=C\CN(Cn2nnc3ccccc32)C(=O)[C@H]2N(CCO)C(=O)[C@@H]3[C@@H](C(=O)N[C@@H](c4ccccc4)CO1)[C@H]1C=C[C@]32O1. The Kier molecular flexibility index (Phi) is 7.87. The molecule has 0 unspecified atom stereocenters. The maximum Gasteiger partial charge on any atom is 0.306 e. The molecule has 6 atom stereocenters. The van der Waals surface area contributed by atoms with E-state index >= 15 is 0 Å². The number of hydrogen-bond donors (Lipinski definition) is 2. The number of ether oxygens (including phenoxy) is 2. The first-order chi connectivity index (χ1) is 22.4. The molecule has 7 rings (SSSR count). The number of cyclic esters (lactones) is 1. The summed E-state index contributed by atoms with van der Waals surface area (Å²) in [4.78, 5) is 58.4. The van der Waals surface area contributed by atoms with E-state index in [1.54, 1.807) is 29.0 Å². The molecule has 2 saturated heterocycles. The number of hydrogen-bond acceptors (Lipinski definition) is 9. The number of nitrogens with one attached hydrogen (secondary N) is 1. The van der Waals surface area contributed by atoms with Crippen LogP contribution in [0, 0.1) is 11.8 Å². The van der Waals surface area contributed by atoms with Crippen LogP contribution in [0.3, 0.4) is 0 Å². The van der Waals surface area contributed by atoms with E-state index in [1.807, 2.05) is 54.6 Å². The second kappa shape index (κ2) is 12.1. The summed E-state index contributed by atoms with van der Waals surface area (Å²) in [6.45, 7) is -0.430. The summed E-state index contributed by atoms with van der Waals surface area (Å²) >= 11 is 0. The highest BCUT2D eigenvalue weighted by molar-refractivity contribution is 6.00. The van der Waals surface area contributed by atoms with Crippen molar-refractivity contribution in [2.45, 2.75) is 43.3 Å². The molecule has 0 radical (unpaired) electrons. The number of esters is 1. The molecule has 4 aliphatic heterocycles. The van der Waals surface area contributed by atoms with E-state index in [0.717, 1.165) is 11.1 Å². The van der Waals surface area contributed by atoms with Crippen LogP contribution in [0.25, 0.3) is 11.0 Å². The molecule has 3 amide bonds. The van der Waals surface area contributed by atoms with Gasteiger partial charge in [0, 0.05) is 19.5 Å². The lowest BCUT2D eigenvalue weighted by Crippen LogP contribution is -2.56. The lowest BCUT2D eigenvalue weighted by molar-refractivity contribution is -0.149. The Hall–Kier alpha value is -4.88. The first-order valence-electron chi connectivity index (χ1n) is 15.4. The second-order valence-corrected chi connectivity index (χ2v) is 11.9. The predicted octanol–water partition coefficient (Wildman–Crippen LogP) is 1.11. The van der Waals surface area contributed by atoms with E-state index in [2.05, 4.69) is 15.6 Å². The van der Waals surface area contributed by atoms with E-state index in [9.17, 15) is 24.3 Å². The normalized spacial score (nSPS) is 30.5. The molecule has 2 fully saturated rings. The molecule has 2 aromatic carbocycles. The van der Waals surface area contributed by atoms with Crippen molar-refractivity contribution in [1.29, 1.82) is 0 Å². The maximum atomic E-state index is 14.7. The number of benzene rings is 2. The maximum absolute atomic E-state index is 14.7. The minimum atomic E-state index is -1.41. The Balaban J connectivity index is 1.27. The lowest BCUT2D eigenvalue weighted by Gasteiger charge is -2.35. The zero-order valence-corrected chi connectivity index (χ0v) is 25.0. The Morgan fingerprint density at radius 3 is 2.63 bits per heavy atom. The van der Waals surface area contributed by atoms with Gasteiger partial charge in [0.05, 0.1) is 36.1 Å². The first kappa shape index (κ1) is 29.8. The van der Waals surface area contributed by atoms with E-state index in [0.29, 0.717) is 11.9 Å². The number of rotatable bonds is 5. The fourth-order valence-electron chi connectivity index (χ4n) is 7.11. The van der Waals surface area contributed by atoms with E-state index < -0.39 is 59.3 Å². The molecule has 5 heterocycles. The summed E-state index contributed by atoms with van der Waals surface area (Å²) in [6, 6.07) is 14.7. The Morgan fingerprint density at radius 2 is 1.80 bits per heavy atom. The van der Waals surface area contributed by atoms with Crippen LogP contribution in [0.4, 0.5) is 0 Å². The number of fused-ring (bicyclic) bond motifs is 3. The summed E-state index contributed by atoms with van der Waals surface area (Å²) < 4.78 is 13.6. The summed E-state index contributed by atoms with van der Waals surface area (Å²) in [7, 11) is 0. The van der Waals surface area contributed by atoms with Crippen LogP contribution >= 0.6 is 0 Å². The second-order valence-electron chi connectivity index (χ2n) is 11.9. The van der Waals surface area contributed by atoms with Crippen molar-refractivity contribution >= 4 is 34.7 Å². The predicted molar refractivity (Wildman–Crippen MR) is 162 cm³/mol. The molecular formula is C33H34N6O7. The van der Waals surface area contributed by atoms with Gasteiger partial charge in [-0.1, -0.05) is 72.0 Å². The van der Waals surface area contributed by atoms with Gasteiger partial charge in [-0.3, -0.25) is 19.2 Å². The molecule has 2 N–H and O–H groups in total. The summed E-state index contributed by atoms with van der Waals surface area (Å²) in [5.41, 5.74) is 0.707. The number of aromatic nitrogens is 3. The number of carbonyl (C=O) groups is 4. The molecule has 0 saturated carbocycles. The van der Waals surface area contributed by atoms with Gasteiger partial charge in [0.2, 0.25) is 11.8 Å². The van der Waals surface area contributed by atoms with Gasteiger partial charge in [-0.15, -0.1) is 5.10 Å². The van der Waals surface area contributed by atoms with Crippen LogP contribution in [-0.4, -0.2) is 97.6 Å². The molecule has 238 valence electrons. The van der Waals surface area contributed by atoms with E-state index in [4.69, 9.17) is 9.47 Å². The smallest absolute Gasteiger partial charge is 0.306 e. The van der Waals surface area contributed by atoms with Crippen LogP contribution in [0.1, 0.15) is 24.4 Å². The van der Waals surface area contributed by atoms with Crippen molar-refractivity contribution in [3.8, 4) is 0 Å². The zero-order chi connectivity index (χ0) is 31.8. The first-order valence-corrected chi connectivity index (χ1v) is 15.4. The number of aliphatic hydroxyl groups excluding tert-OH is 1. The Morgan fingerprint density at radius 1 is 1.00 bits per heavy atom. The Labute approximate surface area is 264 Å². The Bertz CT molecular complexity index is 1720. The van der Waals surface area contributed by atoms with Crippen molar-refractivity contribution in [3.05, 3.63) is 84.5 Å². The number of amides is 3. The van der Waals surface area contributed by atoms with Gasteiger partial charge >= 0.3 is 5.97 Å². The summed E-state index contributed by atoms with van der Waals surface area (Å²) in [6.07, 6.45) is 6.79. The molecule has 3 aromatic rings. The topological polar surface area (TPSA) is 156 Å². The number of carbonyl (C=O) groups excluding carboxylic acids is 4. The van der Waals surface area contributed by atoms with Crippen molar-refractivity contribution in [3.63, 3.8) is 0 Å².